The molecule has 2 fully saturated rings. The number of hydrogen-bond donors (Lipinski definition) is 3. The topological polar surface area (TPSA) is 74.2 Å². The first-order valence-corrected chi connectivity index (χ1v) is 13.8. The van der Waals surface area contributed by atoms with Gasteiger partial charge in [-0.25, -0.2) is 0 Å². The maximum Gasteiger partial charge on any atom is 0.122 e. The second-order valence-corrected chi connectivity index (χ2v) is 10.5. The predicted octanol–water partition coefficient (Wildman–Crippen LogP) is 4.47. The summed E-state index contributed by atoms with van der Waals surface area (Å²) in [7, 11) is 0. The minimum atomic E-state index is -0.165. The highest BCUT2D eigenvalue weighted by Gasteiger charge is 2.20. The van der Waals surface area contributed by atoms with E-state index in [-0.39, 0.29) is 12.2 Å². The van der Waals surface area contributed by atoms with Crippen LogP contribution in [0, 0.1) is 13.8 Å². The normalized spacial score (nSPS) is 22.6. The van der Waals surface area contributed by atoms with E-state index in [4.69, 9.17) is 9.47 Å². The van der Waals surface area contributed by atoms with Gasteiger partial charge < -0.3 is 29.9 Å². The molecule has 0 aromatic heterocycles. The molecule has 1 atom stereocenters. The number of rotatable bonds is 12. The molecule has 0 radical (unpaired) electrons. The van der Waals surface area contributed by atoms with E-state index in [0.29, 0.717) is 19.3 Å². The molecule has 0 unspecified atom stereocenters. The number of hydrogen-bond acceptors (Lipinski definition) is 6. The predicted molar refractivity (Wildman–Crippen MR) is 145 cm³/mol. The monoisotopic (exact) mass is 496 g/mol. The van der Waals surface area contributed by atoms with Crippen molar-refractivity contribution < 1.29 is 19.7 Å². The molecule has 2 aromatic carbocycles. The summed E-state index contributed by atoms with van der Waals surface area (Å²) < 4.78 is 12.3. The zero-order valence-electron chi connectivity index (χ0n) is 22.0. The summed E-state index contributed by atoms with van der Waals surface area (Å²) in [6.45, 7) is 9.29. The molecule has 1 aliphatic heterocycles. The Morgan fingerprint density at radius 3 is 2.00 bits per heavy atom. The number of nitrogens with zero attached hydrogens (tertiary/aromatic N) is 1. The van der Waals surface area contributed by atoms with Gasteiger partial charge in [0, 0.05) is 25.7 Å². The molecule has 1 heterocycles. The van der Waals surface area contributed by atoms with Crippen molar-refractivity contribution >= 4 is 0 Å². The SMILES string of the molecule is Cc1c(OCCCNC2CCC(O)CC2)cccc1-c1cccc(OCCCN2CC[C@@H](O)C2)c1C. The number of likely N-dealkylation sites (tertiary alicyclic amines) is 1. The van der Waals surface area contributed by atoms with Gasteiger partial charge in [-0.05, 0) is 99.7 Å². The Kier molecular flexibility index (Phi) is 10.0. The smallest absolute Gasteiger partial charge is 0.122 e. The van der Waals surface area contributed by atoms with Gasteiger partial charge in [-0.3, -0.25) is 0 Å². The molecule has 2 aliphatic rings. The summed E-state index contributed by atoms with van der Waals surface area (Å²) in [5.74, 6) is 1.87. The molecule has 0 spiro atoms. The van der Waals surface area contributed by atoms with Crippen LogP contribution < -0.4 is 14.8 Å². The van der Waals surface area contributed by atoms with E-state index in [1.54, 1.807) is 0 Å². The van der Waals surface area contributed by atoms with Gasteiger partial charge in [-0.2, -0.15) is 0 Å². The van der Waals surface area contributed by atoms with Crippen LogP contribution in [0.5, 0.6) is 11.5 Å². The molecule has 6 nitrogen and oxygen atoms in total. The van der Waals surface area contributed by atoms with E-state index in [2.05, 4.69) is 54.4 Å². The summed E-state index contributed by atoms with van der Waals surface area (Å²) in [5, 5.41) is 23.0. The highest BCUT2D eigenvalue weighted by Crippen LogP contribution is 2.35. The zero-order valence-corrected chi connectivity index (χ0v) is 22.0. The van der Waals surface area contributed by atoms with Gasteiger partial charge in [0.1, 0.15) is 11.5 Å². The minimum Gasteiger partial charge on any atom is -0.493 e. The average molecular weight is 497 g/mol. The van der Waals surface area contributed by atoms with Crippen LogP contribution in [0.25, 0.3) is 11.1 Å². The second-order valence-electron chi connectivity index (χ2n) is 10.5. The lowest BCUT2D eigenvalue weighted by atomic mass is 9.93. The standard InChI is InChI=1S/C30H44N2O4/c1-22-27(7-3-9-29(22)35-19-5-16-31-24-11-13-25(33)14-12-24)28-8-4-10-30(23(28)2)36-20-6-17-32-18-15-26(34)21-32/h3-4,7-10,24-26,31,33-34H,5-6,11-21H2,1-2H3/t24?,25?,26-/m1/s1. The zero-order chi connectivity index (χ0) is 25.3. The van der Waals surface area contributed by atoms with Gasteiger partial charge in [0.2, 0.25) is 0 Å². The van der Waals surface area contributed by atoms with Crippen LogP contribution in [0.1, 0.15) is 56.1 Å². The Bertz CT molecular complexity index is 958. The summed E-state index contributed by atoms with van der Waals surface area (Å²) in [6.07, 6.45) is 6.48. The van der Waals surface area contributed by atoms with E-state index < -0.39 is 0 Å². The van der Waals surface area contributed by atoms with Crippen LogP contribution in [0.3, 0.4) is 0 Å². The molecule has 1 aliphatic carbocycles. The Morgan fingerprint density at radius 2 is 1.42 bits per heavy atom. The summed E-state index contributed by atoms with van der Waals surface area (Å²) >= 11 is 0. The summed E-state index contributed by atoms with van der Waals surface area (Å²) in [5.41, 5.74) is 4.66. The third-order valence-electron chi connectivity index (χ3n) is 7.69. The fourth-order valence-corrected chi connectivity index (χ4v) is 5.45. The first-order chi connectivity index (χ1) is 17.5. The fourth-order valence-electron chi connectivity index (χ4n) is 5.45. The van der Waals surface area contributed by atoms with Crippen LogP contribution in [0.15, 0.2) is 36.4 Å². The fraction of sp³-hybridized carbons (Fsp3) is 0.600. The number of aliphatic hydroxyl groups is 2. The molecule has 4 rings (SSSR count). The van der Waals surface area contributed by atoms with E-state index in [1.807, 2.05) is 6.07 Å². The van der Waals surface area contributed by atoms with Crippen LogP contribution >= 0.6 is 0 Å². The van der Waals surface area contributed by atoms with Crippen LogP contribution in [0.4, 0.5) is 0 Å². The number of nitrogens with one attached hydrogen (secondary N) is 1. The van der Waals surface area contributed by atoms with Crippen LogP contribution in [0.2, 0.25) is 0 Å². The van der Waals surface area contributed by atoms with Gasteiger partial charge in [0.15, 0.2) is 0 Å². The third-order valence-corrected chi connectivity index (χ3v) is 7.69. The lowest BCUT2D eigenvalue weighted by molar-refractivity contribution is 0.116. The lowest BCUT2D eigenvalue weighted by Crippen LogP contribution is -2.35. The number of aliphatic hydroxyl groups excluding tert-OH is 2. The number of ether oxygens (including phenoxy) is 2. The Morgan fingerprint density at radius 1 is 0.806 bits per heavy atom. The van der Waals surface area contributed by atoms with Crippen LogP contribution in [-0.4, -0.2) is 72.8 Å². The maximum absolute atomic E-state index is 9.69. The Hall–Kier alpha value is -2.12. The third kappa shape index (κ3) is 7.45. The lowest BCUT2D eigenvalue weighted by Gasteiger charge is -2.26. The summed E-state index contributed by atoms with van der Waals surface area (Å²) in [4.78, 5) is 2.31. The molecular formula is C30H44N2O4. The average Bonchev–Trinajstić information content (AvgIpc) is 3.30. The number of β-amino-alcohol motifs (C(OH)–C–C–N with tert-alkyl or cyclic N) is 1. The molecular weight excluding hydrogens is 452 g/mol. The van der Waals surface area contributed by atoms with E-state index in [1.165, 1.54) is 11.1 Å². The second kappa shape index (κ2) is 13.4. The molecule has 1 saturated heterocycles. The molecule has 198 valence electrons. The molecule has 2 aromatic rings. The molecule has 6 heteroatoms. The van der Waals surface area contributed by atoms with Crippen molar-refractivity contribution in [2.75, 3.05) is 39.4 Å². The summed E-state index contributed by atoms with van der Waals surface area (Å²) in [6, 6.07) is 13.1. The van der Waals surface area contributed by atoms with Crippen molar-refractivity contribution in [3.05, 3.63) is 47.5 Å². The molecule has 0 amide bonds. The van der Waals surface area contributed by atoms with Crippen molar-refractivity contribution in [3.63, 3.8) is 0 Å². The van der Waals surface area contributed by atoms with Gasteiger partial charge in [0.05, 0.1) is 25.4 Å². The van der Waals surface area contributed by atoms with Gasteiger partial charge in [0.25, 0.3) is 0 Å². The Labute approximate surface area is 216 Å². The highest BCUT2D eigenvalue weighted by atomic mass is 16.5. The van der Waals surface area contributed by atoms with Gasteiger partial charge >= 0.3 is 0 Å². The quantitative estimate of drug-likeness (QED) is 0.377. The molecule has 3 N–H and O–H groups in total. The first-order valence-electron chi connectivity index (χ1n) is 13.8. The van der Waals surface area contributed by atoms with Crippen LogP contribution in [-0.2, 0) is 0 Å². The van der Waals surface area contributed by atoms with Crippen molar-refractivity contribution in [2.24, 2.45) is 0 Å². The van der Waals surface area contributed by atoms with E-state index in [9.17, 15) is 10.2 Å². The largest absolute Gasteiger partial charge is 0.493 e. The maximum atomic E-state index is 9.69. The molecule has 1 saturated carbocycles. The van der Waals surface area contributed by atoms with Crippen molar-refractivity contribution in [1.82, 2.24) is 10.2 Å². The number of benzene rings is 2. The van der Waals surface area contributed by atoms with Crippen molar-refractivity contribution in [3.8, 4) is 22.6 Å². The van der Waals surface area contributed by atoms with E-state index >= 15 is 0 Å². The van der Waals surface area contributed by atoms with E-state index in [0.717, 1.165) is 93.8 Å². The van der Waals surface area contributed by atoms with Gasteiger partial charge in [-0.1, -0.05) is 24.3 Å². The van der Waals surface area contributed by atoms with Gasteiger partial charge in [-0.15, -0.1) is 0 Å². The minimum absolute atomic E-state index is 0.104. The molecule has 36 heavy (non-hydrogen) atoms. The van der Waals surface area contributed by atoms with Crippen molar-refractivity contribution in [1.29, 1.82) is 0 Å². The van der Waals surface area contributed by atoms with Crippen molar-refractivity contribution in [2.45, 2.75) is 77.0 Å². The first kappa shape index (κ1) is 26.9. The molecule has 0 bridgehead atoms. The highest BCUT2D eigenvalue weighted by molar-refractivity contribution is 5.74. The Balaban J connectivity index is 1.27.